The highest BCUT2D eigenvalue weighted by molar-refractivity contribution is 7.92. The average molecular weight is 554 g/mol. The molecule has 0 spiro atoms. The SMILES string of the molecule is CCNC(=O)C(CC)N(Cc1ccc(F)cc1)C(=O)CN(c1ccc(C)cc1C)S(=O)(=O)c1ccc(C)cc1. The molecule has 2 amide bonds. The number of halogens is 1. The molecule has 0 aliphatic heterocycles. The van der Waals surface area contributed by atoms with Crippen molar-refractivity contribution in [2.24, 2.45) is 0 Å². The summed E-state index contributed by atoms with van der Waals surface area (Å²) in [4.78, 5) is 28.4. The van der Waals surface area contributed by atoms with Crippen LogP contribution in [0, 0.1) is 26.6 Å². The van der Waals surface area contributed by atoms with Crippen molar-refractivity contribution in [2.75, 3.05) is 17.4 Å². The van der Waals surface area contributed by atoms with Crippen molar-refractivity contribution in [1.82, 2.24) is 10.2 Å². The molecule has 0 bridgehead atoms. The van der Waals surface area contributed by atoms with Crippen LogP contribution in [0.25, 0.3) is 0 Å². The van der Waals surface area contributed by atoms with Crippen LogP contribution in [-0.2, 0) is 26.2 Å². The summed E-state index contributed by atoms with van der Waals surface area (Å²) in [5.74, 6) is -1.30. The van der Waals surface area contributed by atoms with Crippen molar-refractivity contribution < 1.29 is 22.4 Å². The number of amides is 2. The lowest BCUT2D eigenvalue weighted by Crippen LogP contribution is -2.52. The fraction of sp³-hybridized carbons (Fsp3) is 0.333. The van der Waals surface area contributed by atoms with E-state index in [-0.39, 0.29) is 17.3 Å². The number of benzene rings is 3. The quantitative estimate of drug-likeness (QED) is 0.366. The second-order valence-corrected chi connectivity index (χ2v) is 11.4. The van der Waals surface area contributed by atoms with Gasteiger partial charge in [-0.25, -0.2) is 12.8 Å². The van der Waals surface area contributed by atoms with Crippen molar-refractivity contribution in [3.63, 3.8) is 0 Å². The summed E-state index contributed by atoms with van der Waals surface area (Å²) in [5, 5.41) is 2.76. The molecule has 39 heavy (non-hydrogen) atoms. The highest BCUT2D eigenvalue weighted by atomic mass is 32.2. The molecular weight excluding hydrogens is 517 g/mol. The minimum absolute atomic E-state index is 0.0139. The van der Waals surface area contributed by atoms with E-state index in [0.717, 1.165) is 15.4 Å². The Morgan fingerprint density at radius 1 is 0.897 bits per heavy atom. The van der Waals surface area contributed by atoms with E-state index in [0.29, 0.717) is 29.8 Å². The molecule has 1 N–H and O–H groups in total. The molecule has 0 fully saturated rings. The molecule has 0 aliphatic carbocycles. The Hall–Kier alpha value is -3.72. The molecule has 1 unspecified atom stereocenters. The highest BCUT2D eigenvalue weighted by Gasteiger charge is 2.34. The smallest absolute Gasteiger partial charge is 0.264 e. The van der Waals surface area contributed by atoms with Gasteiger partial charge in [0.15, 0.2) is 0 Å². The molecule has 0 radical (unpaired) electrons. The van der Waals surface area contributed by atoms with Gasteiger partial charge >= 0.3 is 0 Å². The third-order valence-corrected chi connectivity index (χ3v) is 8.29. The Labute approximate surface area is 230 Å². The fourth-order valence-electron chi connectivity index (χ4n) is 4.43. The summed E-state index contributed by atoms with van der Waals surface area (Å²) >= 11 is 0. The maximum absolute atomic E-state index is 14.0. The van der Waals surface area contributed by atoms with Crippen LogP contribution < -0.4 is 9.62 Å². The van der Waals surface area contributed by atoms with Crippen LogP contribution in [0.15, 0.2) is 71.6 Å². The van der Waals surface area contributed by atoms with Crippen LogP contribution in [0.3, 0.4) is 0 Å². The summed E-state index contributed by atoms with van der Waals surface area (Å²) in [5.41, 5.74) is 3.55. The van der Waals surface area contributed by atoms with Crippen LogP contribution in [0.5, 0.6) is 0 Å². The topological polar surface area (TPSA) is 86.8 Å². The summed E-state index contributed by atoms with van der Waals surface area (Å²) in [6, 6.07) is 16.6. The van der Waals surface area contributed by atoms with Gasteiger partial charge in [0.2, 0.25) is 11.8 Å². The zero-order valence-corrected chi connectivity index (χ0v) is 23.9. The number of carbonyl (C=O) groups is 2. The van der Waals surface area contributed by atoms with Crippen LogP contribution in [-0.4, -0.2) is 44.3 Å². The number of nitrogens with zero attached hydrogens (tertiary/aromatic N) is 2. The molecule has 0 heterocycles. The summed E-state index contributed by atoms with van der Waals surface area (Å²) in [6.45, 7) is 9.01. The van der Waals surface area contributed by atoms with E-state index in [1.54, 1.807) is 57.2 Å². The fourth-order valence-corrected chi connectivity index (χ4v) is 5.91. The van der Waals surface area contributed by atoms with Crippen LogP contribution in [0.1, 0.15) is 42.5 Å². The Morgan fingerprint density at radius 2 is 1.51 bits per heavy atom. The van der Waals surface area contributed by atoms with Gasteiger partial charge in [-0.2, -0.15) is 0 Å². The Balaban J connectivity index is 2.09. The van der Waals surface area contributed by atoms with Crippen LogP contribution >= 0.6 is 0 Å². The van der Waals surface area contributed by atoms with Gasteiger partial charge < -0.3 is 10.2 Å². The predicted octanol–water partition coefficient (Wildman–Crippen LogP) is 4.89. The van der Waals surface area contributed by atoms with Crippen molar-refractivity contribution in [3.8, 4) is 0 Å². The number of hydrogen-bond acceptors (Lipinski definition) is 4. The first-order valence-electron chi connectivity index (χ1n) is 13.0. The van der Waals surface area contributed by atoms with Gasteiger partial charge in [-0.15, -0.1) is 0 Å². The lowest BCUT2D eigenvalue weighted by atomic mass is 10.1. The summed E-state index contributed by atoms with van der Waals surface area (Å²) in [6.07, 6.45) is 0.313. The minimum atomic E-state index is -4.14. The lowest BCUT2D eigenvalue weighted by molar-refractivity contribution is -0.140. The van der Waals surface area contributed by atoms with Gasteiger partial charge in [-0.1, -0.05) is 54.4 Å². The number of aryl methyl sites for hydroxylation is 3. The van der Waals surface area contributed by atoms with Crippen molar-refractivity contribution >= 4 is 27.5 Å². The first kappa shape index (κ1) is 29.8. The third kappa shape index (κ3) is 7.23. The molecule has 0 aliphatic rings. The standard InChI is InChI=1S/C30H36FN3O4S/c1-6-27(30(36)32-7-2)33(19-24-11-13-25(31)14-12-24)29(35)20-34(28-17-10-22(4)18-23(28)5)39(37,38)26-15-8-21(3)9-16-26/h8-18,27H,6-7,19-20H2,1-5H3,(H,32,36). The van der Waals surface area contributed by atoms with Gasteiger partial charge in [0.25, 0.3) is 10.0 Å². The van der Waals surface area contributed by atoms with E-state index >= 15 is 0 Å². The second kappa shape index (κ2) is 12.9. The maximum Gasteiger partial charge on any atom is 0.264 e. The molecule has 9 heteroatoms. The number of likely N-dealkylation sites (N-methyl/N-ethyl adjacent to an activating group) is 1. The molecule has 1 atom stereocenters. The Morgan fingerprint density at radius 3 is 2.08 bits per heavy atom. The molecule has 208 valence electrons. The molecule has 0 saturated carbocycles. The summed E-state index contributed by atoms with van der Waals surface area (Å²) < 4.78 is 42.6. The van der Waals surface area contributed by atoms with Gasteiger partial charge in [0.05, 0.1) is 10.6 Å². The predicted molar refractivity (Wildman–Crippen MR) is 151 cm³/mol. The molecule has 3 aromatic rings. The van der Waals surface area contributed by atoms with E-state index in [1.807, 2.05) is 19.9 Å². The number of rotatable bonds is 11. The molecule has 0 aromatic heterocycles. The number of hydrogen-bond donors (Lipinski definition) is 1. The van der Waals surface area contributed by atoms with E-state index in [2.05, 4.69) is 5.32 Å². The Bertz CT molecular complexity index is 1410. The first-order chi connectivity index (χ1) is 18.5. The van der Waals surface area contributed by atoms with Crippen LogP contribution in [0.4, 0.5) is 10.1 Å². The van der Waals surface area contributed by atoms with Crippen molar-refractivity contribution in [2.45, 2.75) is 58.5 Å². The van der Waals surface area contributed by atoms with Gasteiger partial charge in [0.1, 0.15) is 18.4 Å². The van der Waals surface area contributed by atoms with Gasteiger partial charge in [0, 0.05) is 13.1 Å². The van der Waals surface area contributed by atoms with E-state index in [1.165, 1.54) is 29.2 Å². The normalized spacial score (nSPS) is 12.1. The van der Waals surface area contributed by atoms with Crippen molar-refractivity contribution in [1.29, 1.82) is 0 Å². The lowest BCUT2D eigenvalue weighted by Gasteiger charge is -2.33. The monoisotopic (exact) mass is 553 g/mol. The van der Waals surface area contributed by atoms with Gasteiger partial charge in [-0.05, 0) is 75.6 Å². The maximum atomic E-state index is 14.0. The number of nitrogens with one attached hydrogen (secondary N) is 1. The molecule has 3 aromatic carbocycles. The van der Waals surface area contributed by atoms with E-state index in [4.69, 9.17) is 0 Å². The molecular formula is C30H36FN3O4S. The molecule has 7 nitrogen and oxygen atoms in total. The molecule has 0 saturated heterocycles. The highest BCUT2D eigenvalue weighted by Crippen LogP contribution is 2.28. The van der Waals surface area contributed by atoms with Gasteiger partial charge in [-0.3, -0.25) is 13.9 Å². The third-order valence-electron chi connectivity index (χ3n) is 6.51. The van der Waals surface area contributed by atoms with Crippen LogP contribution in [0.2, 0.25) is 0 Å². The number of carbonyl (C=O) groups excluding carboxylic acids is 2. The zero-order valence-electron chi connectivity index (χ0n) is 23.1. The first-order valence-corrected chi connectivity index (χ1v) is 14.4. The van der Waals surface area contributed by atoms with E-state index in [9.17, 15) is 22.4 Å². The Kier molecular flexibility index (Phi) is 9.86. The number of sulfonamides is 1. The van der Waals surface area contributed by atoms with E-state index < -0.39 is 34.3 Å². The molecule has 3 rings (SSSR count). The summed E-state index contributed by atoms with van der Waals surface area (Å²) in [7, 11) is -4.14. The zero-order chi connectivity index (χ0) is 28.7. The number of anilines is 1. The minimum Gasteiger partial charge on any atom is -0.355 e. The average Bonchev–Trinajstić information content (AvgIpc) is 2.89. The largest absolute Gasteiger partial charge is 0.355 e. The van der Waals surface area contributed by atoms with Crippen molar-refractivity contribution in [3.05, 3.63) is 94.8 Å². The second-order valence-electron chi connectivity index (χ2n) is 9.58.